The van der Waals surface area contributed by atoms with E-state index in [1.54, 1.807) is 12.1 Å². The van der Waals surface area contributed by atoms with E-state index in [4.69, 9.17) is 4.74 Å². The van der Waals surface area contributed by atoms with Gasteiger partial charge in [0.05, 0.1) is 12.7 Å². The van der Waals surface area contributed by atoms with E-state index in [0.29, 0.717) is 37.7 Å². The van der Waals surface area contributed by atoms with Crippen molar-refractivity contribution < 1.29 is 17.9 Å². The van der Waals surface area contributed by atoms with E-state index < -0.39 is 11.7 Å². The van der Waals surface area contributed by atoms with Crippen LogP contribution in [0.3, 0.4) is 0 Å². The Hall–Kier alpha value is -2.51. The number of hydrogen-bond donors (Lipinski definition) is 0. The summed E-state index contributed by atoms with van der Waals surface area (Å²) in [5, 5.41) is 0. The summed E-state index contributed by atoms with van der Waals surface area (Å²) in [4.78, 5) is 12.2. The first-order valence-electron chi connectivity index (χ1n) is 7.50. The Bertz CT molecular complexity index is 700. The predicted molar refractivity (Wildman–Crippen MR) is 84.5 cm³/mol. The van der Waals surface area contributed by atoms with Gasteiger partial charge in [0.2, 0.25) is 5.88 Å². The van der Waals surface area contributed by atoms with E-state index in [0.717, 1.165) is 11.9 Å². The third-order valence-corrected chi connectivity index (χ3v) is 3.98. The van der Waals surface area contributed by atoms with Crippen molar-refractivity contribution in [2.24, 2.45) is 0 Å². The second kappa shape index (κ2) is 6.54. The van der Waals surface area contributed by atoms with Gasteiger partial charge in [-0.1, -0.05) is 6.07 Å². The van der Waals surface area contributed by atoms with Crippen molar-refractivity contribution in [1.29, 1.82) is 0 Å². The quantitative estimate of drug-likeness (QED) is 0.861. The van der Waals surface area contributed by atoms with Crippen LogP contribution in [-0.2, 0) is 6.18 Å². The molecule has 128 valence electrons. The minimum absolute atomic E-state index is 0.486. The average molecular weight is 338 g/mol. The molecule has 0 bridgehead atoms. The van der Waals surface area contributed by atoms with Gasteiger partial charge in [-0.05, 0) is 18.2 Å². The number of anilines is 2. The van der Waals surface area contributed by atoms with E-state index in [1.165, 1.54) is 25.6 Å². The fourth-order valence-corrected chi connectivity index (χ4v) is 2.69. The van der Waals surface area contributed by atoms with Gasteiger partial charge in [0.15, 0.2) is 0 Å². The van der Waals surface area contributed by atoms with E-state index in [1.807, 2.05) is 4.90 Å². The Morgan fingerprint density at radius 1 is 1.00 bits per heavy atom. The van der Waals surface area contributed by atoms with Gasteiger partial charge < -0.3 is 14.5 Å². The summed E-state index contributed by atoms with van der Waals surface area (Å²) in [7, 11) is 1.54. The maximum absolute atomic E-state index is 12.8. The normalized spacial score (nSPS) is 15.5. The smallest absolute Gasteiger partial charge is 0.416 e. The average Bonchev–Trinajstić information content (AvgIpc) is 2.61. The number of aromatic nitrogens is 2. The van der Waals surface area contributed by atoms with Gasteiger partial charge in [0.25, 0.3) is 0 Å². The van der Waals surface area contributed by atoms with Gasteiger partial charge in [-0.2, -0.15) is 13.2 Å². The lowest BCUT2D eigenvalue weighted by atomic mass is 10.1. The zero-order valence-electron chi connectivity index (χ0n) is 13.1. The maximum atomic E-state index is 12.8. The molecule has 0 radical (unpaired) electrons. The fraction of sp³-hybridized carbons (Fsp3) is 0.375. The molecule has 8 heteroatoms. The van der Waals surface area contributed by atoms with Crippen molar-refractivity contribution in [2.75, 3.05) is 43.1 Å². The Kier molecular flexibility index (Phi) is 4.46. The van der Waals surface area contributed by atoms with Crippen molar-refractivity contribution in [3.63, 3.8) is 0 Å². The summed E-state index contributed by atoms with van der Waals surface area (Å²) in [5.74, 6) is 1.24. The molecule has 1 fully saturated rings. The monoisotopic (exact) mass is 338 g/mol. The van der Waals surface area contributed by atoms with Gasteiger partial charge in [-0.15, -0.1) is 0 Å². The van der Waals surface area contributed by atoms with Crippen LogP contribution in [0.25, 0.3) is 0 Å². The highest BCUT2D eigenvalue weighted by Crippen LogP contribution is 2.32. The van der Waals surface area contributed by atoms with Crippen molar-refractivity contribution >= 4 is 11.5 Å². The minimum atomic E-state index is -4.32. The largest absolute Gasteiger partial charge is 0.481 e. The number of hydrogen-bond acceptors (Lipinski definition) is 5. The van der Waals surface area contributed by atoms with Crippen LogP contribution in [0.1, 0.15) is 5.56 Å². The van der Waals surface area contributed by atoms with Crippen LogP contribution in [0, 0.1) is 0 Å². The van der Waals surface area contributed by atoms with Crippen LogP contribution in [0.5, 0.6) is 5.88 Å². The molecule has 5 nitrogen and oxygen atoms in total. The molecule has 0 amide bonds. The Morgan fingerprint density at radius 2 is 1.71 bits per heavy atom. The summed E-state index contributed by atoms with van der Waals surface area (Å²) in [6, 6.07) is 7.19. The van der Waals surface area contributed by atoms with E-state index in [9.17, 15) is 13.2 Å². The summed E-state index contributed by atoms with van der Waals surface area (Å²) in [6.45, 7) is 2.56. The molecule has 0 N–H and O–H groups in total. The van der Waals surface area contributed by atoms with Gasteiger partial charge >= 0.3 is 6.18 Å². The molecule has 1 saturated heterocycles. The second-order valence-electron chi connectivity index (χ2n) is 5.44. The number of alkyl halides is 3. The third-order valence-electron chi connectivity index (χ3n) is 3.98. The first-order chi connectivity index (χ1) is 11.5. The number of rotatable bonds is 3. The number of halogens is 3. The number of methoxy groups -OCH3 is 1. The Labute approximate surface area is 137 Å². The number of nitrogens with zero attached hydrogens (tertiary/aromatic N) is 4. The molecule has 2 heterocycles. The lowest BCUT2D eigenvalue weighted by molar-refractivity contribution is -0.137. The first-order valence-corrected chi connectivity index (χ1v) is 7.50. The van der Waals surface area contributed by atoms with Crippen LogP contribution in [0.2, 0.25) is 0 Å². The van der Waals surface area contributed by atoms with Crippen molar-refractivity contribution in [3.05, 3.63) is 42.2 Å². The van der Waals surface area contributed by atoms with Crippen LogP contribution < -0.4 is 14.5 Å². The lowest BCUT2D eigenvalue weighted by Gasteiger charge is -2.36. The highest BCUT2D eigenvalue weighted by molar-refractivity contribution is 5.51. The summed E-state index contributed by atoms with van der Waals surface area (Å²) in [5.41, 5.74) is -0.0345. The van der Waals surface area contributed by atoms with Crippen molar-refractivity contribution in [3.8, 4) is 5.88 Å². The molecule has 0 atom stereocenters. The maximum Gasteiger partial charge on any atom is 0.416 e. The minimum Gasteiger partial charge on any atom is -0.481 e. The molecule has 1 aliphatic heterocycles. The topological polar surface area (TPSA) is 41.5 Å². The molecule has 2 aromatic rings. The molecule has 0 unspecified atom stereocenters. The Balaban J connectivity index is 1.69. The SMILES string of the molecule is COc1cc(N2CCN(c3cccc(C(F)(F)F)c3)CC2)ncn1. The van der Waals surface area contributed by atoms with Crippen molar-refractivity contribution in [2.45, 2.75) is 6.18 Å². The summed E-state index contributed by atoms with van der Waals surface area (Å²) in [6.07, 6.45) is -2.89. The van der Waals surface area contributed by atoms with Crippen LogP contribution in [0.4, 0.5) is 24.7 Å². The second-order valence-corrected chi connectivity index (χ2v) is 5.44. The zero-order valence-corrected chi connectivity index (χ0v) is 13.1. The first kappa shape index (κ1) is 16.4. The van der Waals surface area contributed by atoms with Gasteiger partial charge in [-0.3, -0.25) is 0 Å². The molecule has 1 aromatic carbocycles. The highest BCUT2D eigenvalue weighted by Gasteiger charge is 2.31. The summed E-state index contributed by atoms with van der Waals surface area (Å²) >= 11 is 0. The molecule has 0 saturated carbocycles. The van der Waals surface area contributed by atoms with Gasteiger partial charge in [-0.25, -0.2) is 9.97 Å². The molecule has 24 heavy (non-hydrogen) atoms. The lowest BCUT2D eigenvalue weighted by Crippen LogP contribution is -2.46. The fourth-order valence-electron chi connectivity index (χ4n) is 2.69. The summed E-state index contributed by atoms with van der Waals surface area (Å²) < 4.78 is 43.6. The molecular formula is C16H17F3N4O. The van der Waals surface area contributed by atoms with Gasteiger partial charge in [0, 0.05) is 37.9 Å². The third kappa shape index (κ3) is 3.52. The standard InChI is InChI=1S/C16H17F3N4O/c1-24-15-10-14(20-11-21-15)23-7-5-22(6-8-23)13-4-2-3-12(9-13)16(17,18)19/h2-4,9-11H,5-8H2,1H3. The van der Waals surface area contributed by atoms with Crippen LogP contribution >= 0.6 is 0 Å². The van der Waals surface area contributed by atoms with Gasteiger partial charge in [0.1, 0.15) is 12.1 Å². The van der Waals surface area contributed by atoms with E-state index in [-0.39, 0.29) is 0 Å². The molecule has 0 aliphatic carbocycles. The van der Waals surface area contributed by atoms with Crippen molar-refractivity contribution in [1.82, 2.24) is 9.97 Å². The number of piperazine rings is 1. The molecule has 1 aromatic heterocycles. The predicted octanol–water partition coefficient (Wildman–Crippen LogP) is 2.83. The molecule has 0 spiro atoms. The molecule has 3 rings (SSSR count). The van der Waals surface area contributed by atoms with Crippen LogP contribution in [-0.4, -0.2) is 43.3 Å². The Morgan fingerprint density at radius 3 is 2.38 bits per heavy atom. The highest BCUT2D eigenvalue weighted by atomic mass is 19.4. The van der Waals surface area contributed by atoms with Crippen LogP contribution in [0.15, 0.2) is 36.7 Å². The van der Waals surface area contributed by atoms with E-state index in [2.05, 4.69) is 14.9 Å². The molecular weight excluding hydrogens is 321 g/mol. The number of ether oxygens (including phenoxy) is 1. The number of benzene rings is 1. The van der Waals surface area contributed by atoms with E-state index >= 15 is 0 Å². The zero-order chi connectivity index (χ0) is 17.2. The molecule has 1 aliphatic rings.